The predicted octanol–water partition coefficient (Wildman–Crippen LogP) is 2.38. The Bertz CT molecular complexity index is 391. The Kier molecular flexibility index (Phi) is 4.18. The largest absolute Gasteiger partial charge is 0.355 e. The van der Waals surface area contributed by atoms with E-state index >= 15 is 0 Å². The van der Waals surface area contributed by atoms with Gasteiger partial charge in [-0.15, -0.1) is 0 Å². The fourth-order valence-corrected chi connectivity index (χ4v) is 2.34. The van der Waals surface area contributed by atoms with Gasteiger partial charge in [0, 0.05) is 17.1 Å². The van der Waals surface area contributed by atoms with Crippen molar-refractivity contribution < 1.29 is 4.79 Å². The van der Waals surface area contributed by atoms with Crippen LogP contribution >= 0.6 is 15.9 Å². The fraction of sp³-hybridized carbons (Fsp3) is 0.462. The van der Waals surface area contributed by atoms with Crippen molar-refractivity contribution in [3.05, 3.63) is 34.3 Å². The van der Waals surface area contributed by atoms with Gasteiger partial charge in [0.05, 0.1) is 6.04 Å². The fourth-order valence-electron chi connectivity index (χ4n) is 2.08. The van der Waals surface area contributed by atoms with Crippen molar-refractivity contribution in [1.29, 1.82) is 0 Å². The van der Waals surface area contributed by atoms with Crippen LogP contribution in [-0.2, 0) is 4.79 Å². The molecule has 0 radical (unpaired) electrons. The topological polar surface area (TPSA) is 41.1 Å². The predicted molar refractivity (Wildman–Crippen MR) is 71.7 cm³/mol. The van der Waals surface area contributed by atoms with Crippen molar-refractivity contribution in [2.45, 2.75) is 31.8 Å². The maximum Gasteiger partial charge on any atom is 0.237 e. The van der Waals surface area contributed by atoms with Gasteiger partial charge in [0.1, 0.15) is 0 Å². The van der Waals surface area contributed by atoms with E-state index in [9.17, 15) is 4.79 Å². The second kappa shape index (κ2) is 5.65. The lowest BCUT2D eigenvalue weighted by Crippen LogP contribution is -2.48. The van der Waals surface area contributed by atoms with Gasteiger partial charge in [0.2, 0.25) is 5.91 Å². The molecule has 1 heterocycles. The zero-order valence-corrected chi connectivity index (χ0v) is 11.5. The molecule has 1 aromatic carbocycles. The smallest absolute Gasteiger partial charge is 0.237 e. The van der Waals surface area contributed by atoms with E-state index in [1.807, 2.05) is 12.1 Å². The first-order valence-electron chi connectivity index (χ1n) is 5.96. The van der Waals surface area contributed by atoms with Crippen LogP contribution in [0.2, 0.25) is 0 Å². The number of nitrogens with one attached hydrogen (secondary N) is 2. The Morgan fingerprint density at radius 1 is 1.41 bits per heavy atom. The highest BCUT2D eigenvalue weighted by Crippen LogP contribution is 2.18. The summed E-state index contributed by atoms with van der Waals surface area (Å²) in [7, 11) is 0. The Morgan fingerprint density at radius 2 is 2.12 bits per heavy atom. The molecule has 2 unspecified atom stereocenters. The van der Waals surface area contributed by atoms with E-state index in [1.54, 1.807) is 0 Å². The Hall–Kier alpha value is -0.870. The van der Waals surface area contributed by atoms with Gasteiger partial charge in [-0.1, -0.05) is 28.1 Å². The molecule has 4 heteroatoms. The summed E-state index contributed by atoms with van der Waals surface area (Å²) in [6, 6.07) is 8.33. The molecule has 1 aliphatic rings. The van der Waals surface area contributed by atoms with Crippen molar-refractivity contribution in [3.63, 3.8) is 0 Å². The van der Waals surface area contributed by atoms with Crippen molar-refractivity contribution in [1.82, 2.24) is 10.6 Å². The molecule has 0 aliphatic carbocycles. The summed E-state index contributed by atoms with van der Waals surface area (Å²) >= 11 is 3.42. The normalized spacial score (nSPS) is 22.0. The molecule has 1 amide bonds. The lowest BCUT2D eigenvalue weighted by Gasteiger charge is -2.26. The summed E-state index contributed by atoms with van der Waals surface area (Å²) in [6.07, 6.45) is 1.98. The van der Waals surface area contributed by atoms with E-state index in [1.165, 1.54) is 5.56 Å². The lowest BCUT2D eigenvalue weighted by atomic mass is 10.0. The first kappa shape index (κ1) is 12.6. The highest BCUT2D eigenvalue weighted by atomic mass is 79.9. The quantitative estimate of drug-likeness (QED) is 0.899. The summed E-state index contributed by atoms with van der Waals surface area (Å²) < 4.78 is 1.07. The minimum Gasteiger partial charge on any atom is -0.355 e. The van der Waals surface area contributed by atoms with Crippen LogP contribution in [0.25, 0.3) is 0 Å². The lowest BCUT2D eigenvalue weighted by molar-refractivity contribution is -0.124. The van der Waals surface area contributed by atoms with Crippen LogP contribution in [0.3, 0.4) is 0 Å². The van der Waals surface area contributed by atoms with E-state index in [2.05, 4.69) is 45.6 Å². The molecule has 0 bridgehead atoms. The van der Waals surface area contributed by atoms with E-state index in [4.69, 9.17) is 0 Å². The maximum atomic E-state index is 11.6. The monoisotopic (exact) mass is 296 g/mol. The standard InChI is InChI=1S/C13H17BrN2O/c1-9(10-4-6-11(14)7-5-10)16-12-3-2-8-15-13(12)17/h4-7,9,12,16H,2-3,8H2,1H3,(H,15,17). The number of benzene rings is 1. The second-order valence-electron chi connectivity index (χ2n) is 4.43. The Balaban J connectivity index is 1.98. The second-order valence-corrected chi connectivity index (χ2v) is 5.34. The van der Waals surface area contributed by atoms with E-state index in [-0.39, 0.29) is 18.0 Å². The van der Waals surface area contributed by atoms with Crippen molar-refractivity contribution in [2.24, 2.45) is 0 Å². The summed E-state index contributed by atoms with van der Waals surface area (Å²) in [4.78, 5) is 11.6. The van der Waals surface area contributed by atoms with Crippen LogP contribution in [0.15, 0.2) is 28.7 Å². The van der Waals surface area contributed by atoms with Gasteiger partial charge in [-0.05, 0) is 37.5 Å². The molecule has 2 atom stereocenters. The molecule has 2 N–H and O–H groups in total. The molecule has 1 aromatic rings. The summed E-state index contributed by atoms with van der Waals surface area (Å²) in [5, 5.41) is 6.27. The number of hydrogen-bond donors (Lipinski definition) is 2. The average Bonchev–Trinajstić information content (AvgIpc) is 2.33. The first-order valence-corrected chi connectivity index (χ1v) is 6.75. The van der Waals surface area contributed by atoms with E-state index in [0.29, 0.717) is 0 Å². The maximum absolute atomic E-state index is 11.6. The summed E-state index contributed by atoms with van der Waals surface area (Å²) in [6.45, 7) is 2.90. The zero-order valence-electron chi connectivity index (χ0n) is 9.87. The molecule has 1 fully saturated rings. The van der Waals surface area contributed by atoms with Crippen molar-refractivity contribution in [2.75, 3.05) is 6.54 Å². The average molecular weight is 297 g/mol. The SMILES string of the molecule is CC(NC1CCCNC1=O)c1ccc(Br)cc1. The van der Waals surface area contributed by atoms with Gasteiger partial charge < -0.3 is 5.32 Å². The summed E-state index contributed by atoms with van der Waals surface area (Å²) in [5.74, 6) is 0.125. The molecule has 0 aromatic heterocycles. The zero-order chi connectivity index (χ0) is 12.3. The number of carbonyl (C=O) groups is 1. The van der Waals surface area contributed by atoms with Gasteiger partial charge in [-0.3, -0.25) is 10.1 Å². The minimum absolute atomic E-state index is 0.0533. The van der Waals surface area contributed by atoms with Crippen LogP contribution in [0, 0.1) is 0 Å². The molecule has 2 rings (SSSR count). The van der Waals surface area contributed by atoms with E-state index in [0.717, 1.165) is 23.9 Å². The summed E-state index contributed by atoms with van der Waals surface area (Å²) in [5.41, 5.74) is 1.20. The minimum atomic E-state index is -0.0533. The highest BCUT2D eigenvalue weighted by molar-refractivity contribution is 9.10. The number of carbonyl (C=O) groups excluding carboxylic acids is 1. The molecule has 0 saturated carbocycles. The van der Waals surface area contributed by atoms with Crippen LogP contribution in [0.1, 0.15) is 31.4 Å². The third-order valence-corrected chi connectivity index (χ3v) is 3.64. The number of piperidine rings is 1. The van der Waals surface area contributed by atoms with Gasteiger partial charge in [-0.2, -0.15) is 0 Å². The van der Waals surface area contributed by atoms with Gasteiger partial charge >= 0.3 is 0 Å². The Morgan fingerprint density at radius 3 is 2.76 bits per heavy atom. The molecule has 1 aliphatic heterocycles. The number of halogens is 1. The molecule has 1 saturated heterocycles. The third kappa shape index (κ3) is 3.30. The Labute approximate surface area is 110 Å². The van der Waals surface area contributed by atoms with Gasteiger partial charge in [-0.25, -0.2) is 0 Å². The van der Waals surface area contributed by atoms with Crippen LogP contribution in [0.5, 0.6) is 0 Å². The van der Waals surface area contributed by atoms with Crippen LogP contribution in [0.4, 0.5) is 0 Å². The van der Waals surface area contributed by atoms with Gasteiger partial charge in [0.25, 0.3) is 0 Å². The van der Waals surface area contributed by atoms with Crippen LogP contribution in [-0.4, -0.2) is 18.5 Å². The number of hydrogen-bond acceptors (Lipinski definition) is 2. The molecule has 17 heavy (non-hydrogen) atoms. The highest BCUT2D eigenvalue weighted by Gasteiger charge is 2.23. The van der Waals surface area contributed by atoms with E-state index < -0.39 is 0 Å². The number of amides is 1. The van der Waals surface area contributed by atoms with Gasteiger partial charge in [0.15, 0.2) is 0 Å². The third-order valence-electron chi connectivity index (χ3n) is 3.11. The van der Waals surface area contributed by atoms with Crippen molar-refractivity contribution in [3.8, 4) is 0 Å². The number of rotatable bonds is 3. The molecule has 3 nitrogen and oxygen atoms in total. The molecular weight excluding hydrogens is 280 g/mol. The first-order chi connectivity index (χ1) is 8.16. The molecule has 92 valence electrons. The molecule has 0 spiro atoms. The molecular formula is C13H17BrN2O. The van der Waals surface area contributed by atoms with Crippen molar-refractivity contribution >= 4 is 21.8 Å². The van der Waals surface area contributed by atoms with Crippen LogP contribution < -0.4 is 10.6 Å².